The van der Waals surface area contributed by atoms with Crippen LogP contribution in [0.15, 0.2) is 71.9 Å². The van der Waals surface area contributed by atoms with Crippen LogP contribution in [0.3, 0.4) is 0 Å². The Bertz CT molecular complexity index is 1330. The van der Waals surface area contributed by atoms with Crippen LogP contribution in [0.1, 0.15) is 27.8 Å². The highest BCUT2D eigenvalue weighted by molar-refractivity contribution is 7.99. The van der Waals surface area contributed by atoms with Crippen LogP contribution in [0.5, 0.6) is 5.75 Å². The third kappa shape index (κ3) is 6.33. The monoisotopic (exact) mass is 528 g/mol. The number of halogens is 2. The molecule has 0 aliphatic heterocycles. The lowest BCUT2D eigenvalue weighted by Crippen LogP contribution is -2.11. The average Bonchev–Trinajstić information content (AvgIpc) is 3.18. The lowest BCUT2D eigenvalue weighted by Gasteiger charge is -2.15. The summed E-state index contributed by atoms with van der Waals surface area (Å²) < 4.78 is 7.75. The molecule has 180 valence electrons. The molecule has 1 atom stereocenters. The molecule has 0 N–H and O–H groups in total. The Labute approximate surface area is 217 Å². The van der Waals surface area contributed by atoms with E-state index in [0.29, 0.717) is 26.8 Å². The lowest BCUT2D eigenvalue weighted by atomic mass is 10.1. The number of nitro groups is 1. The summed E-state index contributed by atoms with van der Waals surface area (Å²) in [5, 5.41) is 21.2. The first kappa shape index (κ1) is 25.0. The molecule has 4 rings (SSSR count). The van der Waals surface area contributed by atoms with Gasteiger partial charge in [0.05, 0.1) is 0 Å². The van der Waals surface area contributed by atoms with Crippen LogP contribution in [0.2, 0.25) is 10.0 Å². The fourth-order valence-electron chi connectivity index (χ4n) is 3.46. The van der Waals surface area contributed by atoms with Gasteiger partial charge in [0.15, 0.2) is 5.16 Å². The molecule has 0 fully saturated rings. The van der Waals surface area contributed by atoms with Gasteiger partial charge in [0.25, 0.3) is 0 Å². The van der Waals surface area contributed by atoms with E-state index >= 15 is 0 Å². The predicted molar refractivity (Wildman–Crippen MR) is 139 cm³/mol. The minimum Gasteiger partial charge on any atom is -0.489 e. The molecule has 3 aromatic carbocycles. The number of hydrogen-bond donors (Lipinski definition) is 0. The molecule has 0 aliphatic carbocycles. The predicted octanol–water partition coefficient (Wildman–Crippen LogP) is 6.88. The van der Waals surface area contributed by atoms with Gasteiger partial charge in [-0.2, -0.15) is 0 Å². The van der Waals surface area contributed by atoms with Crippen molar-refractivity contribution in [2.75, 3.05) is 6.54 Å². The van der Waals surface area contributed by atoms with Gasteiger partial charge in [0, 0.05) is 26.2 Å². The number of aryl methyl sites for hydroxylation is 2. The van der Waals surface area contributed by atoms with Gasteiger partial charge in [-0.05, 0) is 55.8 Å². The van der Waals surface area contributed by atoms with Gasteiger partial charge in [-0.1, -0.05) is 70.9 Å². The molecule has 0 amide bonds. The zero-order chi connectivity index (χ0) is 24.9. The van der Waals surface area contributed by atoms with Crippen LogP contribution in [0, 0.1) is 24.0 Å². The molecule has 0 saturated carbocycles. The first-order valence-electron chi connectivity index (χ1n) is 10.7. The first-order valence-corrected chi connectivity index (χ1v) is 12.4. The first-order chi connectivity index (χ1) is 16.8. The topological polar surface area (TPSA) is 83.1 Å². The van der Waals surface area contributed by atoms with Crippen LogP contribution < -0.4 is 4.74 Å². The largest absolute Gasteiger partial charge is 0.489 e. The summed E-state index contributed by atoms with van der Waals surface area (Å²) in [4.78, 5) is 11.1. The van der Waals surface area contributed by atoms with Crippen LogP contribution >= 0.6 is 35.0 Å². The second-order valence-corrected chi connectivity index (χ2v) is 9.93. The molecule has 0 spiro atoms. The molecule has 7 nitrogen and oxygen atoms in total. The van der Waals surface area contributed by atoms with Gasteiger partial charge in [-0.3, -0.25) is 14.7 Å². The Morgan fingerprint density at radius 2 is 1.74 bits per heavy atom. The van der Waals surface area contributed by atoms with E-state index in [9.17, 15) is 10.1 Å². The minimum absolute atomic E-state index is 0.259. The maximum atomic E-state index is 11.5. The number of nitrogens with zero attached hydrogens (tertiary/aromatic N) is 4. The number of thioether (sulfide) groups is 1. The second kappa shape index (κ2) is 11.1. The summed E-state index contributed by atoms with van der Waals surface area (Å²) >= 11 is 13.5. The quantitative estimate of drug-likeness (QED) is 0.134. The molecule has 0 bridgehead atoms. The van der Waals surface area contributed by atoms with E-state index in [-0.39, 0.29) is 18.1 Å². The maximum absolute atomic E-state index is 11.5. The van der Waals surface area contributed by atoms with E-state index in [0.717, 1.165) is 22.4 Å². The van der Waals surface area contributed by atoms with E-state index in [4.69, 9.17) is 27.9 Å². The summed E-state index contributed by atoms with van der Waals surface area (Å²) in [6.07, 6.45) is 0. The van der Waals surface area contributed by atoms with Crippen molar-refractivity contribution >= 4 is 35.0 Å². The fraction of sp³-hybridized carbons (Fsp3) is 0.200. The molecule has 10 heteroatoms. The van der Waals surface area contributed by atoms with E-state index in [2.05, 4.69) is 10.2 Å². The highest BCUT2D eigenvalue weighted by Gasteiger charge is 2.24. The zero-order valence-corrected chi connectivity index (χ0v) is 21.3. The van der Waals surface area contributed by atoms with Crippen LogP contribution in [0.4, 0.5) is 0 Å². The Balaban J connectivity index is 1.52. The average molecular weight is 529 g/mol. The molecule has 35 heavy (non-hydrogen) atoms. The second-order valence-electron chi connectivity index (χ2n) is 7.92. The highest BCUT2D eigenvalue weighted by Crippen LogP contribution is 2.36. The van der Waals surface area contributed by atoms with Crippen LogP contribution in [0.25, 0.3) is 5.69 Å². The highest BCUT2D eigenvalue weighted by atomic mass is 35.5. The Morgan fingerprint density at radius 1 is 1.03 bits per heavy atom. The number of hydrogen-bond acceptors (Lipinski definition) is 6. The van der Waals surface area contributed by atoms with Gasteiger partial charge >= 0.3 is 0 Å². The lowest BCUT2D eigenvalue weighted by molar-refractivity contribution is -0.479. The van der Waals surface area contributed by atoms with Crippen molar-refractivity contribution in [3.63, 3.8) is 0 Å². The van der Waals surface area contributed by atoms with Gasteiger partial charge in [0.1, 0.15) is 23.4 Å². The summed E-state index contributed by atoms with van der Waals surface area (Å²) in [7, 11) is 0. The number of rotatable bonds is 9. The van der Waals surface area contributed by atoms with Crippen molar-refractivity contribution in [2.24, 2.45) is 0 Å². The van der Waals surface area contributed by atoms with Crippen LogP contribution in [-0.2, 0) is 6.61 Å². The summed E-state index contributed by atoms with van der Waals surface area (Å²) in [6, 6.07) is 20.5. The molecule has 1 aromatic heterocycles. The van der Waals surface area contributed by atoms with Gasteiger partial charge in [-0.25, -0.2) is 0 Å². The van der Waals surface area contributed by atoms with E-state index < -0.39 is 5.25 Å². The molecule has 1 heterocycles. The Hall–Kier alpha value is -3.07. The number of ether oxygens (including phenoxy) is 1. The SMILES string of the molecule is Cc1ccc(-n2c(C)nnc2S[C@@H](C[N+](=O)[O-])c2ccc(OCc3ccc(Cl)cc3Cl)cc2)cc1. The third-order valence-electron chi connectivity index (χ3n) is 5.31. The molecule has 0 aliphatic rings. The number of benzene rings is 3. The van der Waals surface area contributed by atoms with Crippen molar-refractivity contribution in [3.8, 4) is 11.4 Å². The molecular formula is C25H22Cl2N4O3S. The van der Waals surface area contributed by atoms with Crippen molar-refractivity contribution in [1.82, 2.24) is 14.8 Å². The molecule has 4 aromatic rings. The molecular weight excluding hydrogens is 507 g/mol. The van der Waals surface area contributed by atoms with Crippen molar-refractivity contribution in [2.45, 2.75) is 30.9 Å². The minimum atomic E-state index is -0.461. The molecule has 0 saturated heterocycles. The Morgan fingerprint density at radius 3 is 2.40 bits per heavy atom. The number of aromatic nitrogens is 3. The summed E-state index contributed by atoms with van der Waals surface area (Å²) in [6.45, 7) is 3.90. The van der Waals surface area contributed by atoms with Crippen molar-refractivity contribution in [3.05, 3.63) is 109 Å². The van der Waals surface area contributed by atoms with E-state index in [1.54, 1.807) is 24.3 Å². The summed E-state index contributed by atoms with van der Waals surface area (Å²) in [5.41, 5.74) is 3.65. The third-order valence-corrected chi connectivity index (χ3v) is 7.08. The van der Waals surface area contributed by atoms with Gasteiger partial charge in [0.2, 0.25) is 6.54 Å². The normalized spacial score (nSPS) is 11.9. The fourth-order valence-corrected chi connectivity index (χ4v) is 5.10. The van der Waals surface area contributed by atoms with Gasteiger partial charge in [-0.15, -0.1) is 10.2 Å². The van der Waals surface area contributed by atoms with Gasteiger partial charge < -0.3 is 4.74 Å². The smallest absolute Gasteiger partial charge is 0.220 e. The zero-order valence-electron chi connectivity index (χ0n) is 19.0. The standard InChI is InChI=1S/C25H22Cl2N4O3S/c1-16-3-9-21(10-4-16)31-17(2)28-29-25(31)35-24(14-30(32)33)18-6-11-22(12-7-18)34-15-19-5-8-20(26)13-23(19)27/h3-13,24H,14-15H2,1-2H3/t24-/m0/s1. The maximum Gasteiger partial charge on any atom is 0.220 e. The van der Waals surface area contributed by atoms with E-state index in [1.165, 1.54) is 11.8 Å². The van der Waals surface area contributed by atoms with Crippen LogP contribution in [-0.4, -0.2) is 26.2 Å². The van der Waals surface area contributed by atoms with Crippen molar-refractivity contribution in [1.29, 1.82) is 0 Å². The molecule has 0 unspecified atom stereocenters. The van der Waals surface area contributed by atoms with Crippen molar-refractivity contribution < 1.29 is 9.66 Å². The summed E-state index contributed by atoms with van der Waals surface area (Å²) in [5.74, 6) is 1.34. The van der Waals surface area contributed by atoms with E-state index in [1.807, 2.05) is 60.9 Å². The Kier molecular flexibility index (Phi) is 7.95. The molecule has 0 radical (unpaired) electrons.